The van der Waals surface area contributed by atoms with E-state index < -0.39 is 5.91 Å². The van der Waals surface area contributed by atoms with Gasteiger partial charge in [-0.15, -0.1) is 0 Å². The van der Waals surface area contributed by atoms with Gasteiger partial charge in [0, 0.05) is 6.54 Å². The molecular weight excluding hydrogens is 218 g/mol. The van der Waals surface area contributed by atoms with E-state index in [0.717, 1.165) is 19.3 Å². The molecule has 1 fully saturated rings. The first-order valence-electron chi connectivity index (χ1n) is 5.87. The van der Waals surface area contributed by atoms with Crippen LogP contribution in [0.25, 0.3) is 0 Å². The largest absolute Gasteiger partial charge is 0.507 e. The first-order valence-corrected chi connectivity index (χ1v) is 5.87. The predicted molar refractivity (Wildman–Crippen MR) is 64.1 cm³/mol. The lowest BCUT2D eigenvalue weighted by Gasteiger charge is -2.14. The first-order chi connectivity index (χ1) is 8.08. The number of benzene rings is 1. The van der Waals surface area contributed by atoms with Crippen molar-refractivity contribution in [2.24, 2.45) is 5.41 Å². The van der Waals surface area contributed by atoms with Gasteiger partial charge in [-0.1, -0.05) is 13.0 Å². The molecule has 2 rings (SSSR count). The first kappa shape index (κ1) is 11.8. The number of aromatic hydroxyl groups is 2. The van der Waals surface area contributed by atoms with Gasteiger partial charge in [0.05, 0.1) is 0 Å². The number of hydrogen-bond donors (Lipinski definition) is 3. The molecule has 92 valence electrons. The highest BCUT2D eigenvalue weighted by molar-refractivity contribution is 5.99. The third-order valence-corrected chi connectivity index (χ3v) is 3.58. The topological polar surface area (TPSA) is 69.6 Å². The molecule has 1 amide bonds. The Labute approximate surface area is 100 Å². The van der Waals surface area contributed by atoms with E-state index in [1.165, 1.54) is 18.2 Å². The molecule has 0 atom stereocenters. The number of amides is 1. The van der Waals surface area contributed by atoms with Crippen LogP contribution in [0.2, 0.25) is 0 Å². The third-order valence-electron chi connectivity index (χ3n) is 3.58. The van der Waals surface area contributed by atoms with Gasteiger partial charge in [-0.3, -0.25) is 4.79 Å². The zero-order valence-corrected chi connectivity index (χ0v) is 9.86. The summed E-state index contributed by atoms with van der Waals surface area (Å²) in [5, 5.41) is 21.9. The number of nitrogens with one attached hydrogen (secondary N) is 1. The Balaban J connectivity index is 2.05. The van der Waals surface area contributed by atoms with Gasteiger partial charge in [-0.25, -0.2) is 0 Å². The van der Waals surface area contributed by atoms with Crippen molar-refractivity contribution in [2.45, 2.75) is 26.2 Å². The Morgan fingerprint density at radius 1 is 1.35 bits per heavy atom. The highest BCUT2D eigenvalue weighted by atomic mass is 16.3. The second-order valence-electron chi connectivity index (χ2n) is 4.71. The molecule has 1 aromatic rings. The molecule has 0 heterocycles. The maximum absolute atomic E-state index is 11.8. The van der Waals surface area contributed by atoms with Gasteiger partial charge < -0.3 is 15.5 Å². The van der Waals surface area contributed by atoms with Crippen LogP contribution in [-0.2, 0) is 0 Å². The van der Waals surface area contributed by atoms with E-state index in [9.17, 15) is 15.0 Å². The summed E-state index contributed by atoms with van der Waals surface area (Å²) in [7, 11) is 0. The normalized spacial score (nSPS) is 16.5. The Morgan fingerprint density at radius 3 is 2.41 bits per heavy atom. The maximum atomic E-state index is 11.8. The second kappa shape index (κ2) is 4.28. The SMILES string of the molecule is CCC1(CNC(=O)c2c(O)cccc2O)CC1. The van der Waals surface area contributed by atoms with Gasteiger partial charge >= 0.3 is 0 Å². The minimum atomic E-state index is -0.416. The van der Waals surface area contributed by atoms with Crippen LogP contribution in [0.4, 0.5) is 0 Å². The minimum absolute atomic E-state index is 0.0422. The molecule has 17 heavy (non-hydrogen) atoms. The molecule has 4 heteroatoms. The van der Waals surface area contributed by atoms with E-state index in [-0.39, 0.29) is 22.5 Å². The molecule has 0 aliphatic heterocycles. The minimum Gasteiger partial charge on any atom is -0.507 e. The van der Waals surface area contributed by atoms with E-state index >= 15 is 0 Å². The fourth-order valence-corrected chi connectivity index (χ4v) is 1.95. The molecule has 1 saturated carbocycles. The molecule has 0 radical (unpaired) electrons. The monoisotopic (exact) mass is 235 g/mol. The second-order valence-corrected chi connectivity index (χ2v) is 4.71. The van der Waals surface area contributed by atoms with E-state index in [1.54, 1.807) is 0 Å². The number of phenolic OH excluding ortho intramolecular Hbond substituents is 2. The zero-order valence-electron chi connectivity index (χ0n) is 9.86. The molecule has 0 aromatic heterocycles. The Hall–Kier alpha value is -1.71. The highest BCUT2D eigenvalue weighted by Gasteiger charge is 2.40. The van der Waals surface area contributed by atoms with Crippen molar-refractivity contribution in [3.8, 4) is 11.5 Å². The molecule has 1 aliphatic carbocycles. The molecule has 3 N–H and O–H groups in total. The smallest absolute Gasteiger partial charge is 0.258 e. The van der Waals surface area contributed by atoms with E-state index in [4.69, 9.17) is 0 Å². The van der Waals surface area contributed by atoms with Gasteiger partial charge in [-0.2, -0.15) is 0 Å². The summed E-state index contributed by atoms with van der Waals surface area (Å²) >= 11 is 0. The molecule has 0 saturated heterocycles. The van der Waals surface area contributed by atoms with Crippen LogP contribution in [-0.4, -0.2) is 22.7 Å². The molecule has 1 aromatic carbocycles. The number of carbonyl (C=O) groups is 1. The Morgan fingerprint density at radius 2 is 1.94 bits per heavy atom. The van der Waals surface area contributed by atoms with E-state index in [0.29, 0.717) is 6.54 Å². The molecule has 1 aliphatic rings. The number of hydrogen-bond acceptors (Lipinski definition) is 3. The van der Waals surface area contributed by atoms with Gasteiger partial charge in [0.2, 0.25) is 0 Å². The summed E-state index contributed by atoms with van der Waals surface area (Å²) in [4.78, 5) is 11.8. The van der Waals surface area contributed by atoms with Crippen LogP contribution in [0.3, 0.4) is 0 Å². The zero-order chi connectivity index (χ0) is 12.5. The molecule has 4 nitrogen and oxygen atoms in total. The van der Waals surface area contributed by atoms with Gasteiger partial charge in [-0.05, 0) is 36.8 Å². The fourth-order valence-electron chi connectivity index (χ4n) is 1.95. The quantitative estimate of drug-likeness (QED) is 0.747. The fraction of sp³-hybridized carbons (Fsp3) is 0.462. The van der Waals surface area contributed by atoms with Crippen LogP contribution in [0.1, 0.15) is 36.5 Å². The average Bonchev–Trinajstić information content (AvgIpc) is 3.07. The van der Waals surface area contributed by atoms with Crippen molar-refractivity contribution in [1.29, 1.82) is 0 Å². The summed E-state index contributed by atoms with van der Waals surface area (Å²) in [6.45, 7) is 2.72. The molecular formula is C13H17NO3. The summed E-state index contributed by atoms with van der Waals surface area (Å²) in [6, 6.07) is 4.28. The van der Waals surface area contributed by atoms with Crippen molar-refractivity contribution < 1.29 is 15.0 Å². The number of phenols is 2. The Bertz CT molecular complexity index is 418. The lowest BCUT2D eigenvalue weighted by atomic mass is 10.0. The van der Waals surface area contributed by atoms with Crippen molar-refractivity contribution in [2.75, 3.05) is 6.54 Å². The predicted octanol–water partition coefficient (Wildman–Crippen LogP) is 2.02. The molecule has 0 bridgehead atoms. The van der Waals surface area contributed by atoms with Crippen LogP contribution in [0.5, 0.6) is 11.5 Å². The highest BCUT2D eigenvalue weighted by Crippen LogP contribution is 2.47. The van der Waals surface area contributed by atoms with Gasteiger partial charge in [0.25, 0.3) is 5.91 Å². The Kier molecular flexibility index (Phi) is 2.96. The van der Waals surface area contributed by atoms with Crippen LogP contribution >= 0.6 is 0 Å². The average molecular weight is 235 g/mol. The van der Waals surface area contributed by atoms with E-state index in [2.05, 4.69) is 12.2 Å². The van der Waals surface area contributed by atoms with Crippen molar-refractivity contribution in [1.82, 2.24) is 5.32 Å². The van der Waals surface area contributed by atoms with Crippen LogP contribution in [0.15, 0.2) is 18.2 Å². The number of carbonyl (C=O) groups excluding carboxylic acids is 1. The maximum Gasteiger partial charge on any atom is 0.258 e. The lowest BCUT2D eigenvalue weighted by molar-refractivity contribution is 0.0939. The third kappa shape index (κ3) is 2.35. The van der Waals surface area contributed by atoms with Crippen LogP contribution in [0, 0.1) is 5.41 Å². The summed E-state index contributed by atoms with van der Waals surface area (Å²) in [5.74, 6) is -0.798. The summed E-state index contributed by atoms with van der Waals surface area (Å²) in [6.07, 6.45) is 3.31. The van der Waals surface area contributed by atoms with Crippen molar-refractivity contribution in [3.05, 3.63) is 23.8 Å². The van der Waals surface area contributed by atoms with E-state index in [1.807, 2.05) is 0 Å². The van der Waals surface area contributed by atoms with Gasteiger partial charge in [0.1, 0.15) is 17.1 Å². The number of rotatable bonds is 4. The summed E-state index contributed by atoms with van der Waals surface area (Å²) < 4.78 is 0. The standard InChI is InChI=1S/C13H17NO3/c1-2-13(6-7-13)8-14-12(17)11-9(15)4-3-5-10(11)16/h3-5,15-16H,2,6-8H2,1H3,(H,14,17). The van der Waals surface area contributed by atoms with Crippen molar-refractivity contribution in [3.63, 3.8) is 0 Å². The molecule has 0 unspecified atom stereocenters. The van der Waals surface area contributed by atoms with Crippen molar-refractivity contribution >= 4 is 5.91 Å². The van der Waals surface area contributed by atoms with Crippen LogP contribution < -0.4 is 5.32 Å². The summed E-state index contributed by atoms with van der Waals surface area (Å²) in [5.41, 5.74) is 0.203. The van der Waals surface area contributed by atoms with Gasteiger partial charge in [0.15, 0.2) is 0 Å². The molecule has 0 spiro atoms. The lowest BCUT2D eigenvalue weighted by Crippen LogP contribution is -2.30.